The van der Waals surface area contributed by atoms with E-state index in [1.54, 1.807) is 0 Å². The second kappa shape index (κ2) is 6.12. The predicted octanol–water partition coefficient (Wildman–Crippen LogP) is 3.64. The fourth-order valence-corrected chi connectivity index (χ4v) is 2.94. The van der Waals surface area contributed by atoms with Gasteiger partial charge in [-0.25, -0.2) is 13.2 Å². The minimum Gasteiger partial charge on any atom is -0.308 e. The van der Waals surface area contributed by atoms with Crippen LogP contribution in [-0.2, 0) is 6.54 Å². The van der Waals surface area contributed by atoms with Crippen LogP contribution in [0.3, 0.4) is 0 Å². The molecule has 3 nitrogen and oxygen atoms in total. The predicted molar refractivity (Wildman–Crippen MR) is 78.1 cm³/mol. The smallest absolute Gasteiger partial charge is 0.126 e. The summed E-state index contributed by atoms with van der Waals surface area (Å²) in [7, 11) is 0. The maximum atomic E-state index is 13.3. The molecular formula is C16H18F3N3. The number of aromatic amines is 1. The summed E-state index contributed by atoms with van der Waals surface area (Å²) in [6.07, 6.45) is 1.25. The van der Waals surface area contributed by atoms with Crippen LogP contribution in [0.1, 0.15) is 30.5 Å². The summed E-state index contributed by atoms with van der Waals surface area (Å²) in [5, 5.41) is 10.3. The number of hydrogen-bond acceptors (Lipinski definition) is 2. The average molecular weight is 309 g/mol. The van der Waals surface area contributed by atoms with E-state index in [1.807, 2.05) is 6.92 Å². The molecule has 2 aromatic rings. The number of nitrogens with one attached hydrogen (secondary N) is 2. The Hall–Kier alpha value is -1.82. The second-order valence-corrected chi connectivity index (χ2v) is 5.82. The molecule has 0 amide bonds. The Morgan fingerprint density at radius 3 is 2.59 bits per heavy atom. The summed E-state index contributed by atoms with van der Waals surface area (Å²) >= 11 is 0. The van der Waals surface area contributed by atoms with Crippen molar-refractivity contribution >= 4 is 0 Å². The SMILES string of the molecule is Cc1c(-c2cc(F)cc(F)c2)n[nH]c1CN[C@H]1CC[C@@H](F)C1. The molecule has 22 heavy (non-hydrogen) atoms. The van der Waals surface area contributed by atoms with Crippen molar-refractivity contribution in [3.8, 4) is 11.3 Å². The first-order valence-corrected chi connectivity index (χ1v) is 7.40. The number of rotatable bonds is 4. The molecule has 0 bridgehead atoms. The highest BCUT2D eigenvalue weighted by Gasteiger charge is 2.24. The summed E-state index contributed by atoms with van der Waals surface area (Å²) in [5.41, 5.74) is 2.63. The number of nitrogens with zero attached hydrogens (tertiary/aromatic N) is 1. The minimum atomic E-state index is -0.716. The Labute approximate surface area is 126 Å². The van der Waals surface area contributed by atoms with Crippen LogP contribution in [0.15, 0.2) is 18.2 Å². The topological polar surface area (TPSA) is 40.7 Å². The molecule has 1 heterocycles. The molecule has 1 aliphatic rings. The van der Waals surface area contributed by atoms with Crippen molar-refractivity contribution < 1.29 is 13.2 Å². The van der Waals surface area contributed by atoms with Gasteiger partial charge >= 0.3 is 0 Å². The zero-order valence-electron chi connectivity index (χ0n) is 12.3. The van der Waals surface area contributed by atoms with Crippen LogP contribution in [0.25, 0.3) is 11.3 Å². The Kier molecular flexibility index (Phi) is 4.20. The third-order valence-electron chi connectivity index (χ3n) is 4.18. The lowest BCUT2D eigenvalue weighted by molar-refractivity contribution is 0.333. The van der Waals surface area contributed by atoms with Gasteiger partial charge in [-0.2, -0.15) is 5.10 Å². The third kappa shape index (κ3) is 3.16. The third-order valence-corrected chi connectivity index (χ3v) is 4.18. The largest absolute Gasteiger partial charge is 0.308 e. The molecule has 0 unspecified atom stereocenters. The van der Waals surface area contributed by atoms with Crippen molar-refractivity contribution in [1.29, 1.82) is 0 Å². The van der Waals surface area contributed by atoms with Gasteiger partial charge in [-0.05, 0) is 43.9 Å². The summed E-state index contributed by atoms with van der Waals surface area (Å²) in [5.74, 6) is -1.26. The molecule has 0 spiro atoms. The van der Waals surface area contributed by atoms with Crippen molar-refractivity contribution in [1.82, 2.24) is 15.5 Å². The van der Waals surface area contributed by atoms with Crippen molar-refractivity contribution in [3.63, 3.8) is 0 Å². The molecule has 0 saturated heterocycles. The monoisotopic (exact) mass is 309 g/mol. The highest BCUT2D eigenvalue weighted by molar-refractivity contribution is 5.63. The first-order chi connectivity index (χ1) is 10.5. The van der Waals surface area contributed by atoms with E-state index in [4.69, 9.17) is 0 Å². The summed E-state index contributed by atoms with van der Waals surface area (Å²) in [6.45, 7) is 2.39. The molecule has 1 aromatic carbocycles. The molecule has 118 valence electrons. The van der Waals surface area contributed by atoms with Gasteiger partial charge in [0.25, 0.3) is 0 Å². The number of H-pyrrole nitrogens is 1. The number of halogens is 3. The van der Waals surface area contributed by atoms with E-state index in [0.29, 0.717) is 30.6 Å². The fraction of sp³-hybridized carbons (Fsp3) is 0.438. The molecule has 2 N–H and O–H groups in total. The van der Waals surface area contributed by atoms with Gasteiger partial charge in [0.2, 0.25) is 0 Å². The van der Waals surface area contributed by atoms with E-state index in [1.165, 1.54) is 12.1 Å². The van der Waals surface area contributed by atoms with Crippen molar-refractivity contribution in [2.75, 3.05) is 0 Å². The molecule has 2 atom stereocenters. The number of alkyl halides is 1. The Morgan fingerprint density at radius 1 is 1.23 bits per heavy atom. The van der Waals surface area contributed by atoms with Gasteiger partial charge < -0.3 is 5.32 Å². The van der Waals surface area contributed by atoms with E-state index >= 15 is 0 Å². The molecule has 1 saturated carbocycles. The van der Waals surface area contributed by atoms with E-state index in [9.17, 15) is 13.2 Å². The van der Waals surface area contributed by atoms with Gasteiger partial charge in [0.05, 0.1) is 11.4 Å². The first kappa shape index (κ1) is 15.1. The van der Waals surface area contributed by atoms with E-state index in [0.717, 1.165) is 23.7 Å². The lowest BCUT2D eigenvalue weighted by Crippen LogP contribution is -2.26. The second-order valence-electron chi connectivity index (χ2n) is 5.82. The highest BCUT2D eigenvalue weighted by Crippen LogP contribution is 2.26. The maximum Gasteiger partial charge on any atom is 0.126 e. The van der Waals surface area contributed by atoms with Crippen molar-refractivity contribution in [2.45, 2.75) is 44.9 Å². The molecule has 3 rings (SSSR count). The van der Waals surface area contributed by atoms with Gasteiger partial charge in [0.1, 0.15) is 17.8 Å². The van der Waals surface area contributed by atoms with Gasteiger partial charge in [0.15, 0.2) is 0 Å². The van der Waals surface area contributed by atoms with Crippen LogP contribution in [-0.4, -0.2) is 22.4 Å². The van der Waals surface area contributed by atoms with Gasteiger partial charge in [-0.1, -0.05) is 0 Å². The van der Waals surface area contributed by atoms with Crippen molar-refractivity contribution in [2.24, 2.45) is 0 Å². The molecule has 0 aliphatic heterocycles. The van der Waals surface area contributed by atoms with Gasteiger partial charge in [-0.3, -0.25) is 5.10 Å². The van der Waals surface area contributed by atoms with E-state index < -0.39 is 17.8 Å². The molecular weight excluding hydrogens is 291 g/mol. The van der Waals surface area contributed by atoms with E-state index in [2.05, 4.69) is 15.5 Å². The molecule has 6 heteroatoms. The van der Waals surface area contributed by atoms with Crippen LogP contribution in [0.5, 0.6) is 0 Å². The summed E-state index contributed by atoms with van der Waals surface area (Å²) < 4.78 is 39.8. The van der Waals surface area contributed by atoms with Crippen molar-refractivity contribution in [3.05, 3.63) is 41.1 Å². The van der Waals surface area contributed by atoms with E-state index in [-0.39, 0.29) is 6.04 Å². The van der Waals surface area contributed by atoms with Gasteiger partial charge in [0, 0.05) is 24.2 Å². The zero-order valence-corrected chi connectivity index (χ0v) is 12.3. The number of aromatic nitrogens is 2. The van der Waals surface area contributed by atoms with Gasteiger partial charge in [-0.15, -0.1) is 0 Å². The number of benzene rings is 1. The summed E-state index contributed by atoms with van der Waals surface area (Å²) in [4.78, 5) is 0. The molecule has 1 aromatic heterocycles. The normalized spacial score (nSPS) is 21.5. The molecule has 1 fully saturated rings. The first-order valence-electron chi connectivity index (χ1n) is 7.40. The summed E-state index contributed by atoms with van der Waals surface area (Å²) in [6, 6.07) is 3.52. The Morgan fingerprint density at radius 2 is 1.95 bits per heavy atom. The lowest BCUT2D eigenvalue weighted by Gasteiger charge is -2.11. The maximum absolute atomic E-state index is 13.3. The Balaban J connectivity index is 1.74. The minimum absolute atomic E-state index is 0.174. The molecule has 0 radical (unpaired) electrons. The fourth-order valence-electron chi connectivity index (χ4n) is 2.94. The Bertz CT molecular complexity index is 648. The number of hydrogen-bond donors (Lipinski definition) is 2. The quantitative estimate of drug-likeness (QED) is 0.905. The zero-order chi connectivity index (χ0) is 15.7. The van der Waals surface area contributed by atoms with Crippen LogP contribution >= 0.6 is 0 Å². The van der Waals surface area contributed by atoms with Crippen LogP contribution < -0.4 is 5.32 Å². The average Bonchev–Trinajstić information content (AvgIpc) is 3.02. The highest BCUT2D eigenvalue weighted by atomic mass is 19.1. The lowest BCUT2D eigenvalue weighted by atomic mass is 10.1. The van der Waals surface area contributed by atoms with Crippen LogP contribution in [0, 0.1) is 18.6 Å². The standard InChI is InChI=1S/C16H18F3N3/c1-9-15(8-20-14-3-2-11(17)7-14)21-22-16(9)10-4-12(18)6-13(19)5-10/h4-6,11,14,20H,2-3,7-8H2,1H3,(H,21,22)/t11-,14+/m1/s1. The van der Waals surface area contributed by atoms with Crippen LogP contribution in [0.2, 0.25) is 0 Å². The molecule has 1 aliphatic carbocycles. The van der Waals surface area contributed by atoms with Crippen LogP contribution in [0.4, 0.5) is 13.2 Å².